The highest BCUT2D eigenvalue weighted by atomic mass is 79.9. The zero-order valence-corrected chi connectivity index (χ0v) is 12.8. The number of hydrogen-bond acceptors (Lipinski definition) is 2. The first kappa shape index (κ1) is 13.1. The van der Waals surface area contributed by atoms with E-state index in [-0.39, 0.29) is 0 Å². The summed E-state index contributed by atoms with van der Waals surface area (Å²) in [6, 6.07) is 4.28. The highest BCUT2D eigenvalue weighted by molar-refractivity contribution is 9.10. The molecule has 0 saturated heterocycles. The van der Waals surface area contributed by atoms with Crippen LogP contribution in [0.15, 0.2) is 39.7 Å². The lowest BCUT2D eigenvalue weighted by Gasteiger charge is -1.91. The number of rotatable bonds is 1. The van der Waals surface area contributed by atoms with Crippen LogP contribution in [0.2, 0.25) is 5.15 Å². The number of pyridine rings is 1. The Morgan fingerprint density at radius 3 is 2.35 bits per heavy atom. The van der Waals surface area contributed by atoms with Gasteiger partial charge in [-0.25, -0.2) is 4.98 Å². The SMILES string of the molecule is Brc1cnn(C2CC2)c1.Clc1ccc(Br)cn1. The number of hydrogen-bond donors (Lipinski definition) is 0. The first-order valence-electron chi connectivity index (χ1n) is 5.12. The molecule has 2 aromatic heterocycles. The zero-order chi connectivity index (χ0) is 12.3. The van der Waals surface area contributed by atoms with E-state index in [0.717, 1.165) is 8.95 Å². The van der Waals surface area contributed by atoms with Crippen molar-refractivity contribution in [1.29, 1.82) is 0 Å². The number of aromatic nitrogens is 3. The minimum atomic E-state index is 0.521. The minimum Gasteiger partial charge on any atom is -0.269 e. The highest BCUT2D eigenvalue weighted by Gasteiger charge is 2.23. The number of nitrogens with zero attached hydrogens (tertiary/aromatic N) is 3. The van der Waals surface area contributed by atoms with E-state index in [1.54, 1.807) is 12.3 Å². The van der Waals surface area contributed by atoms with Gasteiger partial charge in [-0.3, -0.25) is 4.68 Å². The fourth-order valence-electron chi connectivity index (χ4n) is 1.21. The smallest absolute Gasteiger partial charge is 0.129 e. The molecule has 0 amide bonds. The van der Waals surface area contributed by atoms with Gasteiger partial charge in [-0.05, 0) is 56.8 Å². The Bertz CT molecular complexity index is 459. The predicted octanol–water partition coefficient (Wildman–Crippen LogP) is 4.48. The Kier molecular flexibility index (Phi) is 4.59. The van der Waals surface area contributed by atoms with Crippen molar-refractivity contribution in [2.75, 3.05) is 0 Å². The van der Waals surface area contributed by atoms with E-state index >= 15 is 0 Å². The molecule has 6 heteroatoms. The van der Waals surface area contributed by atoms with Gasteiger partial charge in [0.2, 0.25) is 0 Å². The molecule has 1 aliphatic carbocycles. The molecular weight excluding hydrogens is 369 g/mol. The molecule has 0 N–H and O–H groups in total. The van der Waals surface area contributed by atoms with Crippen molar-refractivity contribution in [3.63, 3.8) is 0 Å². The molecule has 0 atom stereocenters. The van der Waals surface area contributed by atoms with E-state index in [1.165, 1.54) is 12.8 Å². The van der Waals surface area contributed by atoms with E-state index in [0.29, 0.717) is 11.2 Å². The van der Waals surface area contributed by atoms with Crippen LogP contribution in [0.25, 0.3) is 0 Å². The van der Waals surface area contributed by atoms with E-state index in [1.807, 2.05) is 23.1 Å². The minimum absolute atomic E-state index is 0.521. The summed E-state index contributed by atoms with van der Waals surface area (Å²) in [4.78, 5) is 3.80. The quantitative estimate of drug-likeness (QED) is 0.684. The summed E-state index contributed by atoms with van der Waals surface area (Å²) in [5.41, 5.74) is 0. The van der Waals surface area contributed by atoms with Crippen LogP contribution >= 0.6 is 43.5 Å². The van der Waals surface area contributed by atoms with Gasteiger partial charge < -0.3 is 0 Å². The molecule has 0 unspecified atom stereocenters. The molecule has 1 aliphatic rings. The Labute approximate surface area is 121 Å². The molecule has 0 spiro atoms. The Morgan fingerprint density at radius 2 is 1.94 bits per heavy atom. The Balaban J connectivity index is 0.000000128. The topological polar surface area (TPSA) is 30.7 Å². The van der Waals surface area contributed by atoms with Crippen LogP contribution in [0, 0.1) is 0 Å². The molecule has 2 aromatic rings. The van der Waals surface area contributed by atoms with Crippen molar-refractivity contribution in [2.24, 2.45) is 0 Å². The van der Waals surface area contributed by atoms with Gasteiger partial charge in [0, 0.05) is 16.9 Å². The molecule has 3 rings (SSSR count). The lowest BCUT2D eigenvalue weighted by Crippen LogP contribution is -1.91. The highest BCUT2D eigenvalue weighted by Crippen LogP contribution is 2.34. The normalized spacial score (nSPS) is 14.1. The van der Waals surface area contributed by atoms with Crippen LogP contribution in [-0.4, -0.2) is 14.8 Å². The zero-order valence-electron chi connectivity index (χ0n) is 8.85. The van der Waals surface area contributed by atoms with Crippen LogP contribution in [0.4, 0.5) is 0 Å². The van der Waals surface area contributed by atoms with Gasteiger partial charge in [-0.15, -0.1) is 0 Å². The monoisotopic (exact) mass is 377 g/mol. The molecule has 0 radical (unpaired) electrons. The molecule has 1 saturated carbocycles. The summed E-state index contributed by atoms with van der Waals surface area (Å²) in [6.07, 6.45) is 8.11. The summed E-state index contributed by atoms with van der Waals surface area (Å²) < 4.78 is 4.04. The number of halogens is 3. The maximum Gasteiger partial charge on any atom is 0.129 e. The molecular formula is C11H10Br2ClN3. The second-order valence-electron chi connectivity index (χ2n) is 3.67. The fraction of sp³-hybridized carbons (Fsp3) is 0.273. The average Bonchev–Trinajstić information content (AvgIpc) is 3.07. The molecule has 90 valence electrons. The lowest BCUT2D eigenvalue weighted by molar-refractivity contribution is 0.641. The summed E-state index contributed by atoms with van der Waals surface area (Å²) in [5, 5.41) is 4.67. The Morgan fingerprint density at radius 1 is 1.18 bits per heavy atom. The third-order valence-corrected chi connectivity index (χ3v) is 3.28. The van der Waals surface area contributed by atoms with Gasteiger partial charge in [0.25, 0.3) is 0 Å². The van der Waals surface area contributed by atoms with Crippen LogP contribution in [-0.2, 0) is 0 Å². The van der Waals surface area contributed by atoms with Crippen LogP contribution < -0.4 is 0 Å². The maximum atomic E-state index is 5.48. The predicted molar refractivity (Wildman–Crippen MR) is 75.1 cm³/mol. The van der Waals surface area contributed by atoms with E-state index < -0.39 is 0 Å². The summed E-state index contributed by atoms with van der Waals surface area (Å²) in [7, 11) is 0. The van der Waals surface area contributed by atoms with Crippen molar-refractivity contribution >= 4 is 43.5 Å². The van der Waals surface area contributed by atoms with E-state index in [9.17, 15) is 0 Å². The van der Waals surface area contributed by atoms with Gasteiger partial charge >= 0.3 is 0 Å². The van der Waals surface area contributed by atoms with Gasteiger partial charge in [-0.2, -0.15) is 5.10 Å². The largest absolute Gasteiger partial charge is 0.269 e. The van der Waals surface area contributed by atoms with Crippen LogP contribution in [0.1, 0.15) is 18.9 Å². The fourth-order valence-corrected chi connectivity index (χ4v) is 1.86. The summed E-state index contributed by atoms with van der Waals surface area (Å²) in [5.74, 6) is 0. The Hall–Kier alpha value is -0.390. The van der Waals surface area contributed by atoms with Crippen molar-refractivity contribution < 1.29 is 0 Å². The molecule has 0 aliphatic heterocycles. The molecule has 1 fully saturated rings. The summed E-state index contributed by atoms with van der Waals surface area (Å²) >= 11 is 12.0. The van der Waals surface area contributed by atoms with Gasteiger partial charge in [0.1, 0.15) is 5.15 Å². The summed E-state index contributed by atoms with van der Waals surface area (Å²) in [6.45, 7) is 0. The van der Waals surface area contributed by atoms with Crippen LogP contribution in [0.3, 0.4) is 0 Å². The lowest BCUT2D eigenvalue weighted by atomic mass is 10.5. The van der Waals surface area contributed by atoms with Crippen molar-refractivity contribution in [3.8, 4) is 0 Å². The van der Waals surface area contributed by atoms with E-state index in [2.05, 4.69) is 41.9 Å². The molecule has 3 nitrogen and oxygen atoms in total. The van der Waals surface area contributed by atoms with Crippen molar-refractivity contribution in [3.05, 3.63) is 44.8 Å². The second kappa shape index (κ2) is 5.98. The van der Waals surface area contributed by atoms with Crippen LogP contribution in [0.5, 0.6) is 0 Å². The maximum absolute atomic E-state index is 5.48. The second-order valence-corrected chi connectivity index (χ2v) is 5.89. The standard InChI is InChI=1S/C6H7BrN2.C5H3BrClN/c7-5-3-8-9(4-5)6-1-2-6;6-4-1-2-5(7)8-3-4/h3-4,6H,1-2H2;1-3H. The molecule has 17 heavy (non-hydrogen) atoms. The molecule has 0 aromatic carbocycles. The average molecular weight is 379 g/mol. The first-order chi connectivity index (χ1) is 8.15. The third kappa shape index (κ3) is 4.41. The molecule has 2 heterocycles. The third-order valence-electron chi connectivity index (χ3n) is 2.18. The van der Waals surface area contributed by atoms with Crippen molar-refractivity contribution in [2.45, 2.75) is 18.9 Å². The van der Waals surface area contributed by atoms with Crippen molar-refractivity contribution in [1.82, 2.24) is 14.8 Å². The van der Waals surface area contributed by atoms with E-state index in [4.69, 9.17) is 11.6 Å². The van der Waals surface area contributed by atoms with Gasteiger partial charge in [-0.1, -0.05) is 11.6 Å². The van der Waals surface area contributed by atoms with Gasteiger partial charge in [0.05, 0.1) is 16.7 Å². The van der Waals surface area contributed by atoms with Gasteiger partial charge in [0.15, 0.2) is 0 Å². The molecule has 0 bridgehead atoms. The first-order valence-corrected chi connectivity index (χ1v) is 7.08.